The second kappa shape index (κ2) is 8.24. The van der Waals surface area contributed by atoms with Crippen LogP contribution in [0.4, 0.5) is 0 Å². The van der Waals surface area contributed by atoms with Gasteiger partial charge >= 0.3 is 0 Å². The number of nitrogens with zero attached hydrogens (tertiary/aromatic N) is 2. The van der Waals surface area contributed by atoms with E-state index in [2.05, 4.69) is 40.8 Å². The van der Waals surface area contributed by atoms with E-state index in [1.807, 2.05) is 0 Å². The Bertz CT molecular complexity index is 576. The number of aryl methyl sites for hydroxylation is 1. The van der Waals surface area contributed by atoms with Crippen LogP contribution >= 0.6 is 0 Å². The highest BCUT2D eigenvalue weighted by Crippen LogP contribution is 2.24. The molecule has 1 heterocycles. The van der Waals surface area contributed by atoms with Crippen molar-refractivity contribution in [2.24, 2.45) is 0 Å². The summed E-state index contributed by atoms with van der Waals surface area (Å²) in [6.45, 7) is 4.54. The lowest BCUT2D eigenvalue weighted by molar-refractivity contribution is 0.205. The Morgan fingerprint density at radius 3 is 2.17 bits per heavy atom. The Morgan fingerprint density at radius 1 is 1.09 bits per heavy atom. The van der Waals surface area contributed by atoms with Crippen molar-refractivity contribution in [3.63, 3.8) is 0 Å². The van der Waals surface area contributed by atoms with Gasteiger partial charge in [0.05, 0.1) is 0 Å². The summed E-state index contributed by atoms with van der Waals surface area (Å²) in [5.41, 5.74) is 2.40. The molecule has 0 bridgehead atoms. The molecular formula is C17H29N3O2S. The van der Waals surface area contributed by atoms with Gasteiger partial charge in [0.25, 0.3) is 10.2 Å². The summed E-state index contributed by atoms with van der Waals surface area (Å²) in [6, 6.07) is 8.52. The highest BCUT2D eigenvalue weighted by Gasteiger charge is 2.24. The average molecular weight is 340 g/mol. The van der Waals surface area contributed by atoms with Crippen molar-refractivity contribution in [1.29, 1.82) is 0 Å². The number of likely N-dealkylation sites (tertiary alicyclic amines) is 1. The van der Waals surface area contributed by atoms with Gasteiger partial charge in [-0.1, -0.05) is 42.7 Å². The Labute approximate surface area is 140 Å². The molecule has 0 spiro atoms. The van der Waals surface area contributed by atoms with Crippen LogP contribution in [-0.4, -0.2) is 51.4 Å². The van der Waals surface area contributed by atoms with E-state index >= 15 is 0 Å². The van der Waals surface area contributed by atoms with Crippen molar-refractivity contribution in [2.45, 2.75) is 38.6 Å². The Balaban J connectivity index is 2.18. The van der Waals surface area contributed by atoms with Crippen LogP contribution in [0.5, 0.6) is 0 Å². The van der Waals surface area contributed by atoms with Crippen molar-refractivity contribution >= 4 is 10.2 Å². The molecule has 5 nitrogen and oxygen atoms in total. The molecule has 0 aliphatic carbocycles. The van der Waals surface area contributed by atoms with Crippen molar-refractivity contribution in [3.05, 3.63) is 35.4 Å². The van der Waals surface area contributed by atoms with Crippen LogP contribution < -0.4 is 4.72 Å². The number of hydrogen-bond donors (Lipinski definition) is 1. The van der Waals surface area contributed by atoms with E-state index in [1.165, 1.54) is 41.1 Å². The highest BCUT2D eigenvalue weighted by atomic mass is 32.2. The van der Waals surface area contributed by atoms with Gasteiger partial charge in [0.2, 0.25) is 0 Å². The zero-order valence-corrected chi connectivity index (χ0v) is 15.3. The molecule has 0 saturated carbocycles. The summed E-state index contributed by atoms with van der Waals surface area (Å²) in [7, 11) is -0.299. The lowest BCUT2D eigenvalue weighted by Gasteiger charge is -2.31. The minimum atomic E-state index is -3.40. The van der Waals surface area contributed by atoms with Crippen LogP contribution in [0.3, 0.4) is 0 Å². The molecule has 1 aromatic rings. The molecule has 2 rings (SSSR count). The van der Waals surface area contributed by atoms with Crippen LogP contribution in [0.2, 0.25) is 0 Å². The van der Waals surface area contributed by atoms with Gasteiger partial charge in [0, 0.05) is 26.7 Å². The summed E-state index contributed by atoms with van der Waals surface area (Å²) in [4.78, 5) is 2.43. The molecule has 1 saturated heterocycles. The lowest BCUT2D eigenvalue weighted by atomic mass is 10.0. The predicted octanol–water partition coefficient (Wildman–Crippen LogP) is 2.31. The van der Waals surface area contributed by atoms with E-state index in [-0.39, 0.29) is 6.04 Å². The largest absolute Gasteiger partial charge is 0.295 e. The van der Waals surface area contributed by atoms with Crippen LogP contribution in [0, 0.1) is 6.92 Å². The standard InChI is InChI=1S/C17H29N3O2S/c1-15-8-10-16(11-9-15)17(14-18-23(21,22)19(2)3)20-12-6-4-5-7-13-20/h8-11,17-18H,4-7,12-14H2,1-3H3. The monoisotopic (exact) mass is 339 g/mol. The van der Waals surface area contributed by atoms with Gasteiger partial charge in [-0.15, -0.1) is 0 Å². The Kier molecular flexibility index (Phi) is 6.59. The molecule has 6 heteroatoms. The summed E-state index contributed by atoms with van der Waals surface area (Å²) < 4.78 is 28.1. The molecule has 1 atom stereocenters. The molecule has 1 fully saturated rings. The average Bonchev–Trinajstić information content (AvgIpc) is 2.78. The number of hydrogen-bond acceptors (Lipinski definition) is 3. The fourth-order valence-corrected chi connectivity index (χ4v) is 3.59. The maximum Gasteiger partial charge on any atom is 0.278 e. The summed E-state index contributed by atoms with van der Waals surface area (Å²) in [6.07, 6.45) is 4.90. The molecule has 1 aliphatic heterocycles. The highest BCUT2D eigenvalue weighted by molar-refractivity contribution is 7.87. The first kappa shape index (κ1) is 18.4. The molecule has 1 unspecified atom stereocenters. The Hall–Kier alpha value is -0.950. The topological polar surface area (TPSA) is 52.7 Å². The Morgan fingerprint density at radius 2 is 1.65 bits per heavy atom. The minimum Gasteiger partial charge on any atom is -0.295 e. The normalized spacial score (nSPS) is 18.8. The molecule has 1 N–H and O–H groups in total. The third kappa shape index (κ3) is 5.28. The fraction of sp³-hybridized carbons (Fsp3) is 0.647. The van der Waals surface area contributed by atoms with E-state index in [9.17, 15) is 8.42 Å². The quantitative estimate of drug-likeness (QED) is 0.865. The summed E-state index contributed by atoms with van der Waals surface area (Å²) >= 11 is 0. The molecule has 23 heavy (non-hydrogen) atoms. The van der Waals surface area contributed by atoms with Crippen molar-refractivity contribution < 1.29 is 8.42 Å². The summed E-state index contributed by atoms with van der Waals surface area (Å²) in [5, 5.41) is 0. The van der Waals surface area contributed by atoms with Gasteiger partial charge in [0.1, 0.15) is 0 Å². The summed E-state index contributed by atoms with van der Waals surface area (Å²) in [5.74, 6) is 0. The van der Waals surface area contributed by atoms with Crippen LogP contribution in [0.25, 0.3) is 0 Å². The second-order valence-electron chi connectivity index (χ2n) is 6.51. The van der Waals surface area contributed by atoms with E-state index in [4.69, 9.17) is 0 Å². The SMILES string of the molecule is Cc1ccc(C(CNS(=O)(=O)N(C)C)N2CCCCCC2)cc1. The molecule has 1 aliphatic rings. The van der Waals surface area contributed by atoms with Crippen LogP contribution in [0.15, 0.2) is 24.3 Å². The van der Waals surface area contributed by atoms with E-state index < -0.39 is 10.2 Å². The molecule has 0 aromatic heterocycles. The van der Waals surface area contributed by atoms with Crippen molar-refractivity contribution in [2.75, 3.05) is 33.7 Å². The molecule has 0 radical (unpaired) electrons. The van der Waals surface area contributed by atoms with Crippen LogP contribution in [0.1, 0.15) is 42.9 Å². The van der Waals surface area contributed by atoms with E-state index in [0.29, 0.717) is 6.54 Å². The van der Waals surface area contributed by atoms with Crippen molar-refractivity contribution in [3.8, 4) is 0 Å². The first-order valence-corrected chi connectivity index (χ1v) is 9.82. The third-order valence-electron chi connectivity index (χ3n) is 4.48. The number of benzene rings is 1. The van der Waals surface area contributed by atoms with Gasteiger partial charge in [-0.3, -0.25) is 4.90 Å². The lowest BCUT2D eigenvalue weighted by Crippen LogP contribution is -2.42. The first-order valence-electron chi connectivity index (χ1n) is 8.38. The van der Waals surface area contributed by atoms with E-state index in [0.717, 1.165) is 13.1 Å². The maximum absolute atomic E-state index is 12.1. The molecule has 1 aromatic carbocycles. The smallest absolute Gasteiger partial charge is 0.278 e. The van der Waals surface area contributed by atoms with Gasteiger partial charge < -0.3 is 0 Å². The minimum absolute atomic E-state index is 0.0865. The zero-order valence-electron chi connectivity index (χ0n) is 14.5. The van der Waals surface area contributed by atoms with E-state index in [1.54, 1.807) is 14.1 Å². The zero-order chi connectivity index (χ0) is 16.9. The molecule has 0 amide bonds. The van der Waals surface area contributed by atoms with Gasteiger partial charge in [-0.2, -0.15) is 12.7 Å². The van der Waals surface area contributed by atoms with Gasteiger partial charge in [0.15, 0.2) is 0 Å². The fourth-order valence-electron chi connectivity index (χ4n) is 2.97. The maximum atomic E-state index is 12.1. The van der Waals surface area contributed by atoms with Gasteiger partial charge in [-0.25, -0.2) is 4.72 Å². The first-order chi connectivity index (χ1) is 10.9. The number of rotatable bonds is 6. The second-order valence-corrected chi connectivity index (χ2v) is 8.48. The predicted molar refractivity (Wildman–Crippen MR) is 94.6 cm³/mol. The molecule has 130 valence electrons. The third-order valence-corrected chi connectivity index (χ3v) is 5.98. The van der Waals surface area contributed by atoms with Crippen LogP contribution in [-0.2, 0) is 10.2 Å². The van der Waals surface area contributed by atoms with Gasteiger partial charge in [-0.05, 0) is 38.4 Å². The molecular weight excluding hydrogens is 310 g/mol. The number of nitrogens with one attached hydrogen (secondary N) is 1. The van der Waals surface area contributed by atoms with Crippen molar-refractivity contribution in [1.82, 2.24) is 13.9 Å².